The van der Waals surface area contributed by atoms with E-state index in [4.69, 9.17) is 0 Å². The Bertz CT molecular complexity index is 344. The molecule has 1 fully saturated rings. The van der Waals surface area contributed by atoms with Gasteiger partial charge in [0.25, 0.3) is 0 Å². The van der Waals surface area contributed by atoms with Crippen molar-refractivity contribution in [2.75, 3.05) is 7.05 Å². The van der Waals surface area contributed by atoms with Crippen LogP contribution < -0.4 is 5.32 Å². The maximum atomic E-state index is 13.1. The van der Waals surface area contributed by atoms with Crippen LogP contribution in [0.3, 0.4) is 0 Å². The van der Waals surface area contributed by atoms with Crippen LogP contribution in [-0.2, 0) is 0 Å². The topological polar surface area (TPSA) is 12.0 Å². The van der Waals surface area contributed by atoms with Crippen molar-refractivity contribution in [3.8, 4) is 0 Å². The first-order valence-corrected chi connectivity index (χ1v) is 5.65. The third-order valence-corrected chi connectivity index (χ3v) is 3.47. The van der Waals surface area contributed by atoms with Gasteiger partial charge in [-0.15, -0.1) is 0 Å². The van der Waals surface area contributed by atoms with Crippen LogP contribution in [0.1, 0.15) is 36.4 Å². The maximum absolute atomic E-state index is 13.1. The first-order chi connectivity index (χ1) is 7.22. The first kappa shape index (κ1) is 10.6. The molecule has 15 heavy (non-hydrogen) atoms. The Kier molecular flexibility index (Phi) is 3.06. The Hall–Kier alpha value is -0.890. The molecule has 1 N–H and O–H groups in total. The molecule has 0 spiro atoms. The lowest BCUT2D eigenvalue weighted by molar-refractivity contribution is 0.239. The summed E-state index contributed by atoms with van der Waals surface area (Å²) in [6, 6.07) is 5.85. The lowest BCUT2D eigenvalue weighted by Gasteiger charge is -2.34. The highest BCUT2D eigenvalue weighted by atomic mass is 19.1. The zero-order valence-corrected chi connectivity index (χ0v) is 9.39. The van der Waals surface area contributed by atoms with Crippen LogP contribution in [0.15, 0.2) is 18.2 Å². The van der Waals surface area contributed by atoms with Crippen LogP contribution >= 0.6 is 0 Å². The van der Waals surface area contributed by atoms with Crippen LogP contribution in [0.2, 0.25) is 0 Å². The second-order valence-corrected chi connectivity index (χ2v) is 4.47. The molecule has 1 aromatic rings. The summed E-state index contributed by atoms with van der Waals surface area (Å²) in [5, 5.41) is 3.34. The highest BCUT2D eigenvalue weighted by molar-refractivity contribution is 5.27. The smallest absolute Gasteiger partial charge is 0.126 e. The summed E-state index contributed by atoms with van der Waals surface area (Å²) in [5.41, 5.74) is 1.97. The molecule has 0 heterocycles. The minimum absolute atomic E-state index is 0.109. The summed E-state index contributed by atoms with van der Waals surface area (Å²) >= 11 is 0. The summed E-state index contributed by atoms with van der Waals surface area (Å²) < 4.78 is 13.1. The standard InChI is InChI=1S/C13H18FN/c1-9-8-11(6-7-12(9)14)13(15-2)10-4-3-5-10/h6-8,10,13,15H,3-5H2,1-2H3. The van der Waals surface area contributed by atoms with Crippen molar-refractivity contribution in [3.05, 3.63) is 35.1 Å². The Morgan fingerprint density at radius 1 is 1.40 bits per heavy atom. The maximum Gasteiger partial charge on any atom is 0.126 e. The van der Waals surface area contributed by atoms with Crippen LogP contribution in [-0.4, -0.2) is 7.05 Å². The van der Waals surface area contributed by atoms with E-state index in [1.165, 1.54) is 24.8 Å². The average Bonchev–Trinajstić information content (AvgIpc) is 2.16. The van der Waals surface area contributed by atoms with Crippen LogP contribution in [0.4, 0.5) is 4.39 Å². The molecule has 1 atom stereocenters. The predicted octanol–water partition coefficient (Wildman–Crippen LogP) is 3.19. The molecular formula is C13H18FN. The highest BCUT2D eigenvalue weighted by Gasteiger charge is 2.27. The summed E-state index contributed by atoms with van der Waals surface area (Å²) in [6.07, 6.45) is 3.92. The van der Waals surface area contributed by atoms with E-state index in [-0.39, 0.29) is 5.82 Å². The number of halogens is 1. The molecule has 0 bridgehead atoms. The van der Waals surface area contributed by atoms with Crippen LogP contribution in [0.5, 0.6) is 0 Å². The minimum Gasteiger partial charge on any atom is -0.313 e. The van der Waals surface area contributed by atoms with E-state index >= 15 is 0 Å². The van der Waals surface area contributed by atoms with Gasteiger partial charge in [0.05, 0.1) is 0 Å². The van der Waals surface area contributed by atoms with Crippen molar-refractivity contribution in [1.82, 2.24) is 5.32 Å². The van der Waals surface area contributed by atoms with Gasteiger partial charge in [0.2, 0.25) is 0 Å². The lowest BCUT2D eigenvalue weighted by Crippen LogP contribution is -2.29. The molecule has 1 unspecified atom stereocenters. The Morgan fingerprint density at radius 3 is 2.60 bits per heavy atom. The number of hydrogen-bond acceptors (Lipinski definition) is 1. The van der Waals surface area contributed by atoms with Gasteiger partial charge in [0.15, 0.2) is 0 Å². The van der Waals surface area contributed by atoms with Crippen molar-refractivity contribution in [1.29, 1.82) is 0 Å². The second-order valence-electron chi connectivity index (χ2n) is 4.47. The normalized spacial score (nSPS) is 18.6. The molecule has 1 aliphatic carbocycles. The van der Waals surface area contributed by atoms with E-state index < -0.39 is 0 Å². The molecule has 2 rings (SSSR count). The largest absolute Gasteiger partial charge is 0.313 e. The van der Waals surface area contributed by atoms with E-state index in [9.17, 15) is 4.39 Å². The SMILES string of the molecule is CNC(c1ccc(F)c(C)c1)C1CCC1. The van der Waals surface area contributed by atoms with E-state index in [0.29, 0.717) is 6.04 Å². The number of aryl methyl sites for hydroxylation is 1. The Balaban J connectivity index is 2.21. The van der Waals surface area contributed by atoms with Crippen molar-refractivity contribution in [3.63, 3.8) is 0 Å². The number of nitrogens with one attached hydrogen (secondary N) is 1. The molecule has 0 amide bonds. The number of hydrogen-bond donors (Lipinski definition) is 1. The molecule has 1 aliphatic rings. The lowest BCUT2D eigenvalue weighted by atomic mass is 9.77. The molecule has 0 radical (unpaired) electrons. The predicted molar refractivity (Wildman–Crippen MR) is 60.3 cm³/mol. The zero-order valence-electron chi connectivity index (χ0n) is 9.39. The Labute approximate surface area is 90.7 Å². The van der Waals surface area contributed by atoms with Crippen molar-refractivity contribution in [2.45, 2.75) is 32.2 Å². The van der Waals surface area contributed by atoms with Crippen molar-refractivity contribution in [2.24, 2.45) is 5.92 Å². The van der Waals surface area contributed by atoms with E-state index in [1.54, 1.807) is 6.07 Å². The van der Waals surface area contributed by atoms with Gasteiger partial charge in [0, 0.05) is 6.04 Å². The fourth-order valence-electron chi connectivity index (χ4n) is 2.31. The van der Waals surface area contributed by atoms with Crippen LogP contribution in [0, 0.1) is 18.7 Å². The average molecular weight is 207 g/mol. The highest BCUT2D eigenvalue weighted by Crippen LogP contribution is 2.37. The van der Waals surface area contributed by atoms with E-state index in [0.717, 1.165) is 11.5 Å². The van der Waals surface area contributed by atoms with Gasteiger partial charge in [-0.05, 0) is 49.9 Å². The fraction of sp³-hybridized carbons (Fsp3) is 0.538. The molecule has 0 aromatic heterocycles. The quantitative estimate of drug-likeness (QED) is 0.802. The van der Waals surface area contributed by atoms with Gasteiger partial charge in [-0.3, -0.25) is 0 Å². The molecule has 82 valence electrons. The van der Waals surface area contributed by atoms with Crippen LogP contribution in [0.25, 0.3) is 0 Å². The van der Waals surface area contributed by atoms with Gasteiger partial charge < -0.3 is 5.32 Å². The number of benzene rings is 1. The molecule has 2 heteroatoms. The summed E-state index contributed by atoms with van der Waals surface area (Å²) in [6.45, 7) is 1.83. The minimum atomic E-state index is -0.109. The third-order valence-electron chi connectivity index (χ3n) is 3.47. The van der Waals surface area contributed by atoms with Gasteiger partial charge in [-0.25, -0.2) is 4.39 Å². The number of rotatable bonds is 3. The molecular weight excluding hydrogens is 189 g/mol. The molecule has 0 aliphatic heterocycles. The second kappa shape index (κ2) is 4.31. The summed E-state index contributed by atoms with van der Waals surface area (Å²) in [5.74, 6) is 0.627. The van der Waals surface area contributed by atoms with Crippen molar-refractivity contribution >= 4 is 0 Å². The first-order valence-electron chi connectivity index (χ1n) is 5.65. The summed E-state index contributed by atoms with van der Waals surface area (Å²) in [7, 11) is 1.99. The van der Waals surface area contributed by atoms with E-state index in [2.05, 4.69) is 5.32 Å². The summed E-state index contributed by atoms with van der Waals surface area (Å²) in [4.78, 5) is 0. The Morgan fingerprint density at radius 2 is 2.13 bits per heavy atom. The molecule has 0 saturated heterocycles. The third kappa shape index (κ3) is 2.05. The van der Waals surface area contributed by atoms with Gasteiger partial charge >= 0.3 is 0 Å². The molecule has 1 saturated carbocycles. The van der Waals surface area contributed by atoms with Gasteiger partial charge in [0.1, 0.15) is 5.82 Å². The van der Waals surface area contributed by atoms with Gasteiger partial charge in [-0.2, -0.15) is 0 Å². The monoisotopic (exact) mass is 207 g/mol. The van der Waals surface area contributed by atoms with Gasteiger partial charge in [-0.1, -0.05) is 18.6 Å². The molecule has 1 nitrogen and oxygen atoms in total. The zero-order chi connectivity index (χ0) is 10.8. The molecule has 1 aromatic carbocycles. The van der Waals surface area contributed by atoms with Crippen molar-refractivity contribution < 1.29 is 4.39 Å². The fourth-order valence-corrected chi connectivity index (χ4v) is 2.31. The van der Waals surface area contributed by atoms with E-state index in [1.807, 2.05) is 26.1 Å².